The fourth-order valence-corrected chi connectivity index (χ4v) is 4.40. The Balaban J connectivity index is 1.65. The fraction of sp³-hybridized carbons (Fsp3) is 0.278. The van der Waals surface area contributed by atoms with E-state index in [2.05, 4.69) is 5.32 Å². The number of anilines is 1. The van der Waals surface area contributed by atoms with E-state index in [-0.39, 0.29) is 11.3 Å². The maximum Gasteiger partial charge on any atom is 0.255 e. The quantitative estimate of drug-likeness (QED) is 0.889. The highest BCUT2D eigenvalue weighted by atomic mass is 32.2. The zero-order valence-corrected chi connectivity index (χ0v) is 14.4. The highest BCUT2D eigenvalue weighted by Gasteiger charge is 2.25. The first kappa shape index (κ1) is 17.6. The minimum absolute atomic E-state index is 0.0505. The number of nitrogens with zero attached hydrogens (tertiary/aromatic N) is 1. The van der Waals surface area contributed by atoms with Crippen LogP contribution in [0.3, 0.4) is 0 Å². The van der Waals surface area contributed by atoms with Gasteiger partial charge in [-0.1, -0.05) is 18.2 Å². The van der Waals surface area contributed by atoms with Crippen LogP contribution in [-0.2, 0) is 15.8 Å². The van der Waals surface area contributed by atoms with E-state index in [4.69, 9.17) is 0 Å². The van der Waals surface area contributed by atoms with E-state index in [1.807, 2.05) is 0 Å². The van der Waals surface area contributed by atoms with Crippen LogP contribution >= 0.6 is 0 Å². The maximum absolute atomic E-state index is 13.2. The summed E-state index contributed by atoms with van der Waals surface area (Å²) in [7, 11) is -3.29. The van der Waals surface area contributed by atoms with Gasteiger partial charge in [0, 0.05) is 24.3 Å². The predicted octanol–water partition coefficient (Wildman–Crippen LogP) is 3.00. The van der Waals surface area contributed by atoms with Crippen LogP contribution < -0.4 is 5.32 Å². The molecule has 0 unspecified atom stereocenters. The molecule has 25 heavy (non-hydrogen) atoms. The number of hydrogen-bond donors (Lipinski definition) is 1. The molecule has 1 amide bonds. The summed E-state index contributed by atoms with van der Waals surface area (Å²) in [4.78, 5) is 12.1. The lowest BCUT2D eigenvalue weighted by atomic mass is 10.2. The molecule has 1 aliphatic heterocycles. The SMILES string of the molecule is O=C(Nc1ccc(CS(=O)(=O)N2CCCC2)cc1)c1cccc(F)c1. The van der Waals surface area contributed by atoms with Gasteiger partial charge in [-0.25, -0.2) is 17.1 Å². The Bertz CT molecular complexity index is 860. The first-order valence-electron chi connectivity index (χ1n) is 8.08. The molecule has 0 spiro atoms. The van der Waals surface area contributed by atoms with E-state index in [9.17, 15) is 17.6 Å². The van der Waals surface area contributed by atoms with E-state index in [1.165, 1.54) is 22.5 Å². The number of benzene rings is 2. The third-order valence-corrected chi connectivity index (χ3v) is 5.96. The highest BCUT2D eigenvalue weighted by molar-refractivity contribution is 7.88. The Morgan fingerprint density at radius 3 is 2.40 bits per heavy atom. The average Bonchev–Trinajstić information content (AvgIpc) is 3.12. The summed E-state index contributed by atoms with van der Waals surface area (Å²) < 4.78 is 39.3. The smallest absolute Gasteiger partial charge is 0.255 e. The Kier molecular flexibility index (Phi) is 5.15. The second kappa shape index (κ2) is 7.33. The lowest BCUT2D eigenvalue weighted by Crippen LogP contribution is -2.29. The zero-order chi connectivity index (χ0) is 17.9. The van der Waals surface area contributed by atoms with Gasteiger partial charge in [-0.2, -0.15) is 0 Å². The number of nitrogens with one attached hydrogen (secondary N) is 1. The Morgan fingerprint density at radius 2 is 1.76 bits per heavy atom. The molecule has 5 nitrogen and oxygen atoms in total. The van der Waals surface area contributed by atoms with E-state index in [1.54, 1.807) is 24.3 Å². The van der Waals surface area contributed by atoms with Crippen LogP contribution in [0, 0.1) is 5.82 Å². The standard InChI is InChI=1S/C18H19FN2O3S/c19-16-5-3-4-15(12-16)18(22)20-17-8-6-14(7-9-17)13-25(23,24)21-10-1-2-11-21/h3-9,12H,1-2,10-11,13H2,(H,20,22). The van der Waals surface area contributed by atoms with E-state index in [0.717, 1.165) is 18.9 Å². The molecule has 7 heteroatoms. The largest absolute Gasteiger partial charge is 0.322 e. The summed E-state index contributed by atoms with van der Waals surface area (Å²) in [6.07, 6.45) is 1.81. The molecule has 2 aromatic rings. The summed E-state index contributed by atoms with van der Waals surface area (Å²) in [5.41, 5.74) is 1.41. The van der Waals surface area contributed by atoms with Gasteiger partial charge in [-0.05, 0) is 48.7 Å². The number of rotatable bonds is 5. The van der Waals surface area contributed by atoms with Crippen LogP contribution in [-0.4, -0.2) is 31.7 Å². The summed E-state index contributed by atoms with van der Waals surface area (Å²) in [5.74, 6) is -0.947. The summed E-state index contributed by atoms with van der Waals surface area (Å²) in [5, 5.41) is 2.67. The zero-order valence-electron chi connectivity index (χ0n) is 13.6. The van der Waals surface area contributed by atoms with Gasteiger partial charge in [-0.3, -0.25) is 4.79 Å². The molecular formula is C18H19FN2O3S. The van der Waals surface area contributed by atoms with E-state index in [0.29, 0.717) is 24.3 Å². The molecule has 1 fully saturated rings. The summed E-state index contributed by atoms with van der Waals surface area (Å²) >= 11 is 0. The molecule has 3 rings (SSSR count). The second-order valence-corrected chi connectivity index (χ2v) is 7.99. The Hall–Kier alpha value is -2.25. The van der Waals surface area contributed by atoms with Crippen molar-refractivity contribution >= 4 is 21.6 Å². The lowest BCUT2D eigenvalue weighted by molar-refractivity contribution is 0.102. The van der Waals surface area contributed by atoms with Crippen molar-refractivity contribution in [2.75, 3.05) is 18.4 Å². The third kappa shape index (κ3) is 4.43. The Morgan fingerprint density at radius 1 is 1.08 bits per heavy atom. The summed E-state index contributed by atoms with van der Waals surface area (Å²) in [6.45, 7) is 1.17. The van der Waals surface area contributed by atoms with Gasteiger partial charge >= 0.3 is 0 Å². The van der Waals surface area contributed by atoms with Crippen LogP contribution in [0.5, 0.6) is 0 Å². The van der Waals surface area contributed by atoms with Crippen LogP contribution in [0.15, 0.2) is 48.5 Å². The van der Waals surface area contributed by atoms with Gasteiger partial charge in [0.1, 0.15) is 5.82 Å². The predicted molar refractivity (Wildman–Crippen MR) is 94.2 cm³/mol. The van der Waals surface area contributed by atoms with Crippen molar-refractivity contribution in [2.24, 2.45) is 0 Å². The van der Waals surface area contributed by atoms with Crippen molar-refractivity contribution in [3.05, 3.63) is 65.5 Å². The number of amides is 1. The number of hydrogen-bond acceptors (Lipinski definition) is 3. The first-order chi connectivity index (χ1) is 11.9. The molecule has 0 atom stereocenters. The topological polar surface area (TPSA) is 66.5 Å². The molecule has 0 aromatic heterocycles. The molecule has 1 saturated heterocycles. The molecule has 132 valence electrons. The minimum Gasteiger partial charge on any atom is -0.322 e. The van der Waals surface area contributed by atoms with Gasteiger partial charge in [0.2, 0.25) is 10.0 Å². The van der Waals surface area contributed by atoms with Crippen molar-refractivity contribution in [1.29, 1.82) is 0 Å². The third-order valence-electron chi connectivity index (χ3n) is 4.11. The van der Waals surface area contributed by atoms with Crippen molar-refractivity contribution in [3.63, 3.8) is 0 Å². The van der Waals surface area contributed by atoms with Gasteiger partial charge in [0.15, 0.2) is 0 Å². The molecule has 1 N–H and O–H groups in total. The van der Waals surface area contributed by atoms with E-state index >= 15 is 0 Å². The molecule has 0 aliphatic carbocycles. The Labute approximate surface area is 146 Å². The molecule has 0 radical (unpaired) electrons. The van der Waals surface area contributed by atoms with Crippen molar-refractivity contribution < 1.29 is 17.6 Å². The number of halogens is 1. The van der Waals surface area contributed by atoms with Gasteiger partial charge in [-0.15, -0.1) is 0 Å². The second-order valence-electron chi connectivity index (χ2n) is 6.02. The van der Waals surface area contributed by atoms with Gasteiger partial charge in [0.25, 0.3) is 5.91 Å². The number of sulfonamides is 1. The molecular weight excluding hydrogens is 343 g/mol. The maximum atomic E-state index is 13.2. The monoisotopic (exact) mass is 362 g/mol. The normalized spacial score (nSPS) is 15.2. The van der Waals surface area contributed by atoms with Crippen LogP contribution in [0.25, 0.3) is 0 Å². The first-order valence-corrected chi connectivity index (χ1v) is 9.69. The number of carbonyl (C=O) groups is 1. The van der Waals surface area contributed by atoms with Crippen LogP contribution in [0.2, 0.25) is 0 Å². The molecule has 1 heterocycles. The van der Waals surface area contributed by atoms with Crippen molar-refractivity contribution in [2.45, 2.75) is 18.6 Å². The van der Waals surface area contributed by atoms with E-state index < -0.39 is 21.7 Å². The van der Waals surface area contributed by atoms with Crippen molar-refractivity contribution in [1.82, 2.24) is 4.31 Å². The van der Waals surface area contributed by atoms with Crippen molar-refractivity contribution in [3.8, 4) is 0 Å². The minimum atomic E-state index is -3.29. The van der Waals surface area contributed by atoms with Gasteiger partial charge < -0.3 is 5.32 Å². The molecule has 2 aromatic carbocycles. The fourth-order valence-electron chi connectivity index (χ4n) is 2.79. The van der Waals surface area contributed by atoms with Crippen LogP contribution in [0.1, 0.15) is 28.8 Å². The molecule has 1 aliphatic rings. The van der Waals surface area contributed by atoms with Gasteiger partial charge in [0.05, 0.1) is 5.75 Å². The van der Waals surface area contributed by atoms with Crippen LogP contribution in [0.4, 0.5) is 10.1 Å². The lowest BCUT2D eigenvalue weighted by Gasteiger charge is -2.15. The number of carbonyl (C=O) groups excluding carboxylic acids is 1. The molecule has 0 bridgehead atoms. The summed E-state index contributed by atoms with van der Waals surface area (Å²) in [6, 6.07) is 12.1. The highest BCUT2D eigenvalue weighted by Crippen LogP contribution is 2.19. The average molecular weight is 362 g/mol. The molecule has 0 saturated carbocycles.